The second kappa shape index (κ2) is 5.35. The van der Waals surface area contributed by atoms with E-state index < -0.39 is 11.0 Å². The van der Waals surface area contributed by atoms with E-state index in [0.717, 1.165) is 31.2 Å². The van der Waals surface area contributed by atoms with E-state index in [1.165, 1.54) is 18.4 Å². The first-order valence-electron chi connectivity index (χ1n) is 7.23. The maximum atomic E-state index is 11.1. The van der Waals surface area contributed by atoms with Gasteiger partial charge >= 0.3 is 0 Å². The quantitative estimate of drug-likeness (QED) is 0.812. The smallest absolute Gasteiger partial charge is 0.105 e. The summed E-state index contributed by atoms with van der Waals surface area (Å²) in [6.07, 6.45) is 6.01. The standard InChI is InChI=1S/C17H23NO/c1-14-7-9-15(10-8-14)16(2,19)17(13-18)11-5-3-4-6-12-17/h7-10,19H,3-6,11-12H2,1-2H3. The second-order valence-corrected chi connectivity index (χ2v) is 6.05. The molecule has 1 aromatic carbocycles. The van der Waals surface area contributed by atoms with Crippen LogP contribution in [-0.4, -0.2) is 5.11 Å². The topological polar surface area (TPSA) is 44.0 Å². The lowest BCUT2D eigenvalue weighted by Gasteiger charge is -2.40. The maximum absolute atomic E-state index is 11.1. The molecule has 2 rings (SSSR count). The molecular weight excluding hydrogens is 234 g/mol. The normalized spacial score (nSPS) is 22.0. The van der Waals surface area contributed by atoms with Gasteiger partial charge in [-0.05, 0) is 32.3 Å². The number of aliphatic hydroxyl groups is 1. The summed E-state index contributed by atoms with van der Waals surface area (Å²) >= 11 is 0. The van der Waals surface area contributed by atoms with Crippen LogP contribution in [0.2, 0.25) is 0 Å². The lowest BCUT2D eigenvalue weighted by Crippen LogP contribution is -2.42. The first kappa shape index (κ1) is 14.1. The van der Waals surface area contributed by atoms with Crippen LogP contribution in [0.5, 0.6) is 0 Å². The van der Waals surface area contributed by atoms with E-state index in [2.05, 4.69) is 6.07 Å². The fourth-order valence-electron chi connectivity index (χ4n) is 3.19. The molecule has 0 heterocycles. The number of hydrogen-bond donors (Lipinski definition) is 1. The van der Waals surface area contributed by atoms with Gasteiger partial charge in [0.15, 0.2) is 0 Å². The van der Waals surface area contributed by atoms with Gasteiger partial charge in [0, 0.05) is 0 Å². The summed E-state index contributed by atoms with van der Waals surface area (Å²) < 4.78 is 0. The molecule has 2 heteroatoms. The summed E-state index contributed by atoms with van der Waals surface area (Å²) in [7, 11) is 0. The van der Waals surface area contributed by atoms with Gasteiger partial charge < -0.3 is 5.11 Å². The lowest BCUT2D eigenvalue weighted by molar-refractivity contribution is -0.0533. The van der Waals surface area contributed by atoms with Crippen molar-refractivity contribution in [2.24, 2.45) is 5.41 Å². The molecular formula is C17H23NO. The van der Waals surface area contributed by atoms with Crippen LogP contribution in [0.3, 0.4) is 0 Å². The highest BCUT2D eigenvalue weighted by Crippen LogP contribution is 2.48. The van der Waals surface area contributed by atoms with E-state index in [1.54, 1.807) is 0 Å². The number of aryl methyl sites for hydroxylation is 1. The third kappa shape index (κ3) is 2.53. The average Bonchev–Trinajstić information content (AvgIpc) is 2.65. The summed E-state index contributed by atoms with van der Waals surface area (Å²) in [5.74, 6) is 0. The molecule has 0 aliphatic heterocycles. The molecule has 1 aliphatic carbocycles. The van der Waals surface area contributed by atoms with E-state index in [1.807, 2.05) is 38.1 Å². The summed E-state index contributed by atoms with van der Waals surface area (Å²) in [4.78, 5) is 0. The fourth-order valence-corrected chi connectivity index (χ4v) is 3.19. The molecule has 2 nitrogen and oxygen atoms in total. The Morgan fingerprint density at radius 1 is 1.11 bits per heavy atom. The SMILES string of the molecule is Cc1ccc(C(C)(O)C2(C#N)CCCCCC2)cc1. The molecule has 0 saturated heterocycles. The fraction of sp³-hybridized carbons (Fsp3) is 0.588. The van der Waals surface area contributed by atoms with E-state index in [9.17, 15) is 10.4 Å². The number of benzene rings is 1. The van der Waals surface area contributed by atoms with Crippen LogP contribution in [0.4, 0.5) is 0 Å². The molecule has 1 atom stereocenters. The Morgan fingerprint density at radius 3 is 2.11 bits per heavy atom. The molecule has 0 amide bonds. The Kier molecular flexibility index (Phi) is 3.96. The van der Waals surface area contributed by atoms with Crippen LogP contribution >= 0.6 is 0 Å². The Labute approximate surface area is 116 Å². The predicted molar refractivity (Wildman–Crippen MR) is 76.5 cm³/mol. The minimum atomic E-state index is -1.07. The minimum Gasteiger partial charge on any atom is -0.384 e. The van der Waals surface area contributed by atoms with E-state index >= 15 is 0 Å². The molecule has 0 bridgehead atoms. The Morgan fingerprint density at radius 2 is 1.63 bits per heavy atom. The van der Waals surface area contributed by atoms with Crippen LogP contribution < -0.4 is 0 Å². The number of nitriles is 1. The highest BCUT2D eigenvalue weighted by molar-refractivity contribution is 5.30. The first-order valence-corrected chi connectivity index (χ1v) is 7.23. The van der Waals surface area contributed by atoms with Gasteiger partial charge in [0.05, 0.1) is 11.5 Å². The molecule has 102 valence electrons. The van der Waals surface area contributed by atoms with Gasteiger partial charge in [-0.25, -0.2) is 0 Å². The van der Waals surface area contributed by atoms with Crippen LogP contribution in [0.15, 0.2) is 24.3 Å². The molecule has 1 saturated carbocycles. The van der Waals surface area contributed by atoms with Crippen LogP contribution in [0, 0.1) is 23.7 Å². The second-order valence-electron chi connectivity index (χ2n) is 6.05. The van der Waals surface area contributed by atoms with Crippen LogP contribution in [-0.2, 0) is 5.60 Å². The molecule has 1 fully saturated rings. The van der Waals surface area contributed by atoms with Gasteiger partial charge in [0.25, 0.3) is 0 Å². The highest BCUT2D eigenvalue weighted by atomic mass is 16.3. The van der Waals surface area contributed by atoms with E-state index in [4.69, 9.17) is 0 Å². The first-order chi connectivity index (χ1) is 9.02. The summed E-state index contributed by atoms with van der Waals surface area (Å²) in [5.41, 5.74) is 0.325. The van der Waals surface area contributed by atoms with Gasteiger partial charge in [-0.2, -0.15) is 5.26 Å². The van der Waals surface area contributed by atoms with Crippen molar-refractivity contribution >= 4 is 0 Å². The minimum absolute atomic E-state index is 0.640. The molecule has 19 heavy (non-hydrogen) atoms. The zero-order valence-corrected chi connectivity index (χ0v) is 11.9. The van der Waals surface area contributed by atoms with Gasteiger partial charge in [-0.1, -0.05) is 55.5 Å². The third-order valence-corrected chi connectivity index (χ3v) is 4.72. The van der Waals surface area contributed by atoms with Crippen LogP contribution in [0.1, 0.15) is 56.6 Å². The third-order valence-electron chi connectivity index (χ3n) is 4.72. The summed E-state index contributed by atoms with van der Waals surface area (Å²) in [6.45, 7) is 3.84. The number of nitrogens with zero attached hydrogens (tertiary/aromatic N) is 1. The number of rotatable bonds is 2. The molecule has 1 unspecified atom stereocenters. The Hall–Kier alpha value is -1.33. The van der Waals surface area contributed by atoms with Crippen molar-refractivity contribution in [2.75, 3.05) is 0 Å². The molecule has 1 aromatic rings. The van der Waals surface area contributed by atoms with Crippen molar-refractivity contribution < 1.29 is 5.11 Å². The number of hydrogen-bond acceptors (Lipinski definition) is 2. The van der Waals surface area contributed by atoms with E-state index in [0.29, 0.717) is 0 Å². The largest absolute Gasteiger partial charge is 0.384 e. The zero-order valence-electron chi connectivity index (χ0n) is 11.9. The van der Waals surface area contributed by atoms with Crippen molar-refractivity contribution in [1.29, 1.82) is 5.26 Å². The molecule has 0 aromatic heterocycles. The van der Waals surface area contributed by atoms with Crippen molar-refractivity contribution in [3.8, 4) is 6.07 Å². The van der Waals surface area contributed by atoms with Gasteiger partial charge in [-0.15, -0.1) is 0 Å². The maximum Gasteiger partial charge on any atom is 0.105 e. The zero-order chi connectivity index (χ0) is 13.9. The van der Waals surface area contributed by atoms with Crippen molar-refractivity contribution in [2.45, 2.75) is 58.0 Å². The Bertz CT molecular complexity index is 459. The highest BCUT2D eigenvalue weighted by Gasteiger charge is 2.48. The summed E-state index contributed by atoms with van der Waals surface area (Å²) in [6, 6.07) is 10.4. The molecule has 0 spiro atoms. The van der Waals surface area contributed by atoms with Gasteiger partial charge in [-0.3, -0.25) is 0 Å². The average molecular weight is 257 g/mol. The van der Waals surface area contributed by atoms with E-state index in [-0.39, 0.29) is 0 Å². The van der Waals surface area contributed by atoms with Crippen molar-refractivity contribution in [3.05, 3.63) is 35.4 Å². The van der Waals surface area contributed by atoms with Crippen molar-refractivity contribution in [3.63, 3.8) is 0 Å². The van der Waals surface area contributed by atoms with Crippen LogP contribution in [0.25, 0.3) is 0 Å². The molecule has 0 radical (unpaired) electrons. The van der Waals surface area contributed by atoms with Gasteiger partial charge in [0.1, 0.15) is 5.60 Å². The van der Waals surface area contributed by atoms with Gasteiger partial charge in [0.2, 0.25) is 0 Å². The molecule has 1 N–H and O–H groups in total. The lowest BCUT2D eigenvalue weighted by atomic mass is 9.66. The Balaban J connectivity index is 2.39. The predicted octanol–water partition coefficient (Wildman–Crippen LogP) is 4.07. The van der Waals surface area contributed by atoms with Crippen molar-refractivity contribution in [1.82, 2.24) is 0 Å². The summed E-state index contributed by atoms with van der Waals surface area (Å²) in [5, 5.41) is 20.8. The monoisotopic (exact) mass is 257 g/mol. The molecule has 1 aliphatic rings.